The van der Waals surface area contributed by atoms with Gasteiger partial charge in [0.05, 0.1) is 11.3 Å². The predicted molar refractivity (Wildman–Crippen MR) is 76.1 cm³/mol. The number of benzene rings is 1. The van der Waals surface area contributed by atoms with Crippen molar-refractivity contribution >= 4 is 27.3 Å². The van der Waals surface area contributed by atoms with E-state index in [1.807, 2.05) is 17.7 Å². The molecule has 1 heterocycles. The lowest BCUT2D eigenvalue weighted by Gasteiger charge is -2.15. The third kappa shape index (κ3) is 3.54. The topological polar surface area (TPSA) is 73.0 Å². The van der Waals surface area contributed by atoms with Gasteiger partial charge in [-0.05, 0) is 19.1 Å². The minimum absolute atomic E-state index is 0.0501. The Kier molecular flexibility index (Phi) is 4.16. The molecule has 2 rings (SSSR count). The van der Waals surface area contributed by atoms with Crippen molar-refractivity contribution in [1.82, 2.24) is 9.55 Å². The molecule has 0 amide bonds. The van der Waals surface area contributed by atoms with E-state index in [0.29, 0.717) is 16.7 Å². The van der Waals surface area contributed by atoms with Crippen LogP contribution in [0, 0.1) is 10.1 Å². The van der Waals surface area contributed by atoms with Crippen molar-refractivity contribution in [1.29, 1.82) is 0 Å². The summed E-state index contributed by atoms with van der Waals surface area (Å²) >= 11 is 3.23. The van der Waals surface area contributed by atoms with Crippen LogP contribution in [0.25, 0.3) is 0 Å². The molecule has 1 atom stereocenters. The molecule has 0 aliphatic rings. The summed E-state index contributed by atoms with van der Waals surface area (Å²) in [4.78, 5) is 14.6. The molecule has 0 radical (unpaired) electrons. The van der Waals surface area contributed by atoms with Gasteiger partial charge in [-0.15, -0.1) is 0 Å². The third-order valence-electron chi connectivity index (χ3n) is 2.60. The Bertz CT molecular complexity index is 571. The smallest absolute Gasteiger partial charge is 0.293 e. The highest BCUT2D eigenvalue weighted by Crippen LogP contribution is 2.28. The van der Waals surface area contributed by atoms with Gasteiger partial charge in [-0.25, -0.2) is 4.98 Å². The molecule has 0 aliphatic carbocycles. The molecule has 1 aromatic carbocycles. The average molecular weight is 325 g/mol. The average Bonchev–Trinajstić information content (AvgIpc) is 2.83. The molecule has 100 valence electrons. The van der Waals surface area contributed by atoms with Gasteiger partial charge < -0.3 is 9.88 Å². The molecule has 0 aliphatic heterocycles. The fourth-order valence-electron chi connectivity index (χ4n) is 1.80. The van der Waals surface area contributed by atoms with Gasteiger partial charge in [0.2, 0.25) is 0 Å². The summed E-state index contributed by atoms with van der Waals surface area (Å²) in [6, 6.07) is 5.02. The molecule has 1 unspecified atom stereocenters. The monoisotopic (exact) mass is 324 g/mol. The lowest BCUT2D eigenvalue weighted by Crippen LogP contribution is -2.21. The molecule has 6 nitrogen and oxygen atoms in total. The summed E-state index contributed by atoms with van der Waals surface area (Å²) in [7, 11) is 0. The first-order valence-corrected chi connectivity index (χ1v) is 6.52. The van der Waals surface area contributed by atoms with Crippen molar-refractivity contribution in [3.63, 3.8) is 0 Å². The Labute approximate surface area is 118 Å². The first kappa shape index (κ1) is 13.5. The Balaban J connectivity index is 2.12. The molecule has 0 fully saturated rings. The molecule has 0 saturated carbocycles. The largest absolute Gasteiger partial charge is 0.375 e. The highest BCUT2D eigenvalue weighted by molar-refractivity contribution is 9.10. The number of rotatable bonds is 5. The van der Waals surface area contributed by atoms with Crippen LogP contribution in [0.3, 0.4) is 0 Å². The van der Waals surface area contributed by atoms with Crippen molar-refractivity contribution < 1.29 is 4.92 Å². The van der Waals surface area contributed by atoms with Crippen LogP contribution in [0.5, 0.6) is 0 Å². The number of nitrogens with zero attached hydrogens (tertiary/aromatic N) is 3. The lowest BCUT2D eigenvalue weighted by atomic mass is 10.2. The lowest BCUT2D eigenvalue weighted by molar-refractivity contribution is -0.384. The fraction of sp³-hybridized carbons (Fsp3) is 0.250. The Hall–Kier alpha value is -1.89. The summed E-state index contributed by atoms with van der Waals surface area (Å²) < 4.78 is 2.61. The van der Waals surface area contributed by atoms with Gasteiger partial charge in [-0.2, -0.15) is 0 Å². The molecular formula is C12H13BrN4O2. The van der Waals surface area contributed by atoms with E-state index >= 15 is 0 Å². The quantitative estimate of drug-likeness (QED) is 0.677. The molecule has 0 spiro atoms. The van der Waals surface area contributed by atoms with Gasteiger partial charge in [-0.3, -0.25) is 10.1 Å². The Morgan fingerprint density at radius 2 is 2.37 bits per heavy atom. The second-order valence-corrected chi connectivity index (χ2v) is 5.14. The van der Waals surface area contributed by atoms with Crippen molar-refractivity contribution in [3.8, 4) is 0 Å². The summed E-state index contributed by atoms with van der Waals surface area (Å²) in [6.07, 6.45) is 5.27. The number of anilines is 1. The molecular weight excluding hydrogens is 312 g/mol. The maximum atomic E-state index is 11.0. The van der Waals surface area contributed by atoms with Crippen LogP contribution < -0.4 is 5.32 Å². The molecule has 0 saturated heterocycles. The van der Waals surface area contributed by atoms with E-state index in [1.165, 1.54) is 6.07 Å². The van der Waals surface area contributed by atoms with Crippen molar-refractivity contribution in [3.05, 3.63) is 51.5 Å². The number of nitro benzene ring substituents is 1. The van der Waals surface area contributed by atoms with Gasteiger partial charge in [0.25, 0.3) is 5.69 Å². The van der Waals surface area contributed by atoms with E-state index in [1.54, 1.807) is 24.7 Å². The molecule has 1 aromatic heterocycles. The minimum Gasteiger partial charge on any atom is -0.375 e. The highest BCUT2D eigenvalue weighted by Gasteiger charge is 2.15. The van der Waals surface area contributed by atoms with E-state index in [9.17, 15) is 10.1 Å². The first-order chi connectivity index (χ1) is 9.06. The van der Waals surface area contributed by atoms with Crippen LogP contribution >= 0.6 is 15.9 Å². The summed E-state index contributed by atoms with van der Waals surface area (Å²) in [5, 5.41) is 14.1. The van der Waals surface area contributed by atoms with E-state index in [4.69, 9.17) is 0 Å². The Morgan fingerprint density at radius 1 is 1.58 bits per heavy atom. The van der Waals surface area contributed by atoms with Gasteiger partial charge in [-0.1, -0.05) is 15.9 Å². The van der Waals surface area contributed by atoms with Gasteiger partial charge in [0.1, 0.15) is 5.69 Å². The molecule has 2 aromatic rings. The number of nitrogens with one attached hydrogen (secondary N) is 1. The zero-order valence-corrected chi connectivity index (χ0v) is 11.9. The van der Waals surface area contributed by atoms with E-state index < -0.39 is 4.92 Å². The van der Waals surface area contributed by atoms with Crippen LogP contribution in [0.15, 0.2) is 41.4 Å². The molecule has 1 N–H and O–H groups in total. The minimum atomic E-state index is -0.392. The number of nitro groups is 1. The van der Waals surface area contributed by atoms with Crippen LogP contribution in [0.2, 0.25) is 0 Å². The van der Waals surface area contributed by atoms with Crippen molar-refractivity contribution in [2.24, 2.45) is 0 Å². The summed E-state index contributed by atoms with van der Waals surface area (Å²) in [6.45, 7) is 2.65. The second-order valence-electron chi connectivity index (χ2n) is 4.22. The summed E-state index contributed by atoms with van der Waals surface area (Å²) in [5.74, 6) is 0. The second kappa shape index (κ2) is 5.83. The zero-order chi connectivity index (χ0) is 13.8. The van der Waals surface area contributed by atoms with Gasteiger partial charge in [0, 0.05) is 35.5 Å². The van der Waals surface area contributed by atoms with Crippen molar-refractivity contribution in [2.75, 3.05) is 5.32 Å². The SMILES string of the molecule is CC(Cn1ccnc1)Nc1ccc(Br)cc1[N+](=O)[O-]. The first-order valence-electron chi connectivity index (χ1n) is 5.72. The van der Waals surface area contributed by atoms with Crippen LogP contribution in [0.4, 0.5) is 11.4 Å². The Morgan fingerprint density at radius 3 is 3.00 bits per heavy atom. The fourth-order valence-corrected chi connectivity index (χ4v) is 2.15. The van der Waals surface area contributed by atoms with E-state index in [2.05, 4.69) is 26.2 Å². The molecule has 19 heavy (non-hydrogen) atoms. The maximum Gasteiger partial charge on any atom is 0.293 e. The van der Waals surface area contributed by atoms with E-state index in [0.717, 1.165) is 0 Å². The number of aromatic nitrogens is 2. The van der Waals surface area contributed by atoms with Crippen molar-refractivity contribution in [2.45, 2.75) is 19.5 Å². The molecule has 0 bridgehead atoms. The van der Waals surface area contributed by atoms with Crippen LogP contribution in [-0.2, 0) is 6.54 Å². The number of imidazole rings is 1. The van der Waals surface area contributed by atoms with Crippen LogP contribution in [0.1, 0.15) is 6.92 Å². The highest BCUT2D eigenvalue weighted by atomic mass is 79.9. The standard InChI is InChI=1S/C12H13BrN4O2/c1-9(7-16-5-4-14-8-16)15-11-3-2-10(13)6-12(11)17(18)19/h2-6,8-9,15H,7H2,1H3. The summed E-state index contributed by atoms with van der Waals surface area (Å²) in [5.41, 5.74) is 0.577. The molecule has 7 heteroatoms. The number of halogens is 1. The number of hydrogen-bond donors (Lipinski definition) is 1. The van der Waals surface area contributed by atoms with E-state index in [-0.39, 0.29) is 11.7 Å². The van der Waals surface area contributed by atoms with Gasteiger partial charge in [0.15, 0.2) is 0 Å². The third-order valence-corrected chi connectivity index (χ3v) is 3.10. The normalized spacial score (nSPS) is 12.1. The number of hydrogen-bond acceptors (Lipinski definition) is 4. The zero-order valence-electron chi connectivity index (χ0n) is 10.3. The maximum absolute atomic E-state index is 11.0. The van der Waals surface area contributed by atoms with Gasteiger partial charge >= 0.3 is 0 Å². The van der Waals surface area contributed by atoms with Crippen LogP contribution in [-0.4, -0.2) is 20.5 Å². The predicted octanol–water partition coefficient (Wildman–Crippen LogP) is 3.05.